The van der Waals surface area contributed by atoms with Gasteiger partial charge in [-0.1, -0.05) is 44.2 Å². The molecule has 0 radical (unpaired) electrons. The fourth-order valence-corrected chi connectivity index (χ4v) is 5.11. The third-order valence-corrected chi connectivity index (χ3v) is 7.67. The van der Waals surface area contributed by atoms with Crippen molar-refractivity contribution in [2.45, 2.75) is 45.9 Å². The number of urea groups is 1. The summed E-state index contributed by atoms with van der Waals surface area (Å²) >= 11 is 0. The highest BCUT2D eigenvalue weighted by Gasteiger charge is 2.28. The number of likely N-dealkylation sites (N-methyl/N-ethyl adjacent to an activating group) is 1. The van der Waals surface area contributed by atoms with Gasteiger partial charge in [0.2, 0.25) is 0 Å². The van der Waals surface area contributed by atoms with Gasteiger partial charge in [0.15, 0.2) is 0 Å². The SMILES string of the molecule is CCCNC(=O)Nc1ccc2c(c1)C(=O)N(C)C[C@@H](OC)[C@H](C)CN(Cc1ccc(-c3ccccn3)cc1)[C@@H](C)CO2. The minimum Gasteiger partial charge on any atom is -0.491 e. The van der Waals surface area contributed by atoms with Crippen molar-refractivity contribution in [3.05, 3.63) is 78.0 Å². The van der Waals surface area contributed by atoms with Crippen LogP contribution in [0.3, 0.4) is 0 Å². The van der Waals surface area contributed by atoms with Crippen LogP contribution in [0.4, 0.5) is 10.5 Å². The van der Waals surface area contributed by atoms with E-state index in [2.05, 4.69) is 58.6 Å². The lowest BCUT2D eigenvalue weighted by Gasteiger charge is -2.36. The molecule has 0 fully saturated rings. The molecule has 3 atom stereocenters. The third kappa shape index (κ3) is 8.08. The van der Waals surface area contributed by atoms with Gasteiger partial charge in [-0.15, -0.1) is 0 Å². The second-order valence-electron chi connectivity index (χ2n) is 11.0. The van der Waals surface area contributed by atoms with Crippen LogP contribution in [-0.2, 0) is 11.3 Å². The van der Waals surface area contributed by atoms with E-state index in [9.17, 15) is 9.59 Å². The number of anilines is 1. The summed E-state index contributed by atoms with van der Waals surface area (Å²) in [7, 11) is 3.47. The Morgan fingerprint density at radius 2 is 1.88 bits per heavy atom. The number of hydrogen-bond donors (Lipinski definition) is 2. The Morgan fingerprint density at radius 1 is 1.10 bits per heavy atom. The van der Waals surface area contributed by atoms with Crippen molar-refractivity contribution < 1.29 is 19.1 Å². The van der Waals surface area contributed by atoms with Crippen LogP contribution >= 0.6 is 0 Å². The standard InChI is InChI=1S/C33H43N5O4/c1-6-16-35-33(40)36-27-14-15-30-28(18-27)32(39)37(4)21-31(41-5)23(2)19-38(24(3)22-42-30)20-25-10-12-26(13-11-25)29-9-7-8-17-34-29/h7-15,17-18,23-24,31H,6,16,19-22H2,1-5H3,(H2,35,36,40)/t23-,24+,31-/m1/s1. The average molecular weight is 574 g/mol. The summed E-state index contributed by atoms with van der Waals surface area (Å²) in [5, 5.41) is 5.61. The maximum Gasteiger partial charge on any atom is 0.319 e. The molecule has 1 aliphatic rings. The average Bonchev–Trinajstić information content (AvgIpc) is 3.01. The number of pyridine rings is 1. The van der Waals surface area contributed by atoms with Gasteiger partial charge in [0.05, 0.1) is 17.4 Å². The lowest BCUT2D eigenvalue weighted by Crippen LogP contribution is -2.46. The van der Waals surface area contributed by atoms with Crippen molar-refractivity contribution in [1.82, 2.24) is 20.1 Å². The highest BCUT2D eigenvalue weighted by Crippen LogP contribution is 2.27. The van der Waals surface area contributed by atoms with E-state index >= 15 is 0 Å². The van der Waals surface area contributed by atoms with Gasteiger partial charge in [0.25, 0.3) is 5.91 Å². The second-order valence-corrected chi connectivity index (χ2v) is 11.0. The van der Waals surface area contributed by atoms with Gasteiger partial charge in [-0.25, -0.2) is 4.79 Å². The van der Waals surface area contributed by atoms with Crippen LogP contribution in [0.1, 0.15) is 43.1 Å². The maximum atomic E-state index is 13.6. The molecule has 0 saturated carbocycles. The minimum atomic E-state index is -0.308. The highest BCUT2D eigenvalue weighted by molar-refractivity contribution is 5.99. The number of rotatable bonds is 7. The molecule has 0 bridgehead atoms. The summed E-state index contributed by atoms with van der Waals surface area (Å²) in [5.74, 6) is 0.449. The van der Waals surface area contributed by atoms with Gasteiger partial charge in [0, 0.05) is 63.8 Å². The van der Waals surface area contributed by atoms with Gasteiger partial charge in [-0.3, -0.25) is 14.7 Å². The number of carbonyl (C=O) groups excluding carboxylic acids is 2. The molecule has 9 heteroatoms. The molecule has 4 rings (SSSR count). The zero-order valence-corrected chi connectivity index (χ0v) is 25.3. The first-order valence-electron chi connectivity index (χ1n) is 14.6. The van der Waals surface area contributed by atoms with Crippen molar-refractivity contribution in [3.8, 4) is 17.0 Å². The molecule has 42 heavy (non-hydrogen) atoms. The Kier molecular flexibility index (Phi) is 10.9. The summed E-state index contributed by atoms with van der Waals surface area (Å²) in [4.78, 5) is 34.4. The molecule has 0 unspecified atom stereocenters. The molecule has 0 aliphatic carbocycles. The normalized spacial score (nSPS) is 20.1. The molecular weight excluding hydrogens is 530 g/mol. The van der Waals surface area contributed by atoms with Crippen LogP contribution in [-0.4, -0.2) is 79.3 Å². The summed E-state index contributed by atoms with van der Waals surface area (Å²) in [6, 6.07) is 19.4. The van der Waals surface area contributed by atoms with Crippen molar-refractivity contribution in [1.29, 1.82) is 0 Å². The number of ether oxygens (including phenoxy) is 2. The van der Waals surface area contributed by atoms with E-state index in [0.717, 1.165) is 30.8 Å². The Balaban J connectivity index is 1.57. The zero-order chi connectivity index (χ0) is 30.1. The van der Waals surface area contributed by atoms with E-state index in [1.807, 2.05) is 25.1 Å². The van der Waals surface area contributed by atoms with Crippen LogP contribution in [0, 0.1) is 5.92 Å². The van der Waals surface area contributed by atoms with Gasteiger partial charge in [-0.05, 0) is 55.2 Å². The number of carbonyl (C=O) groups is 2. The lowest BCUT2D eigenvalue weighted by atomic mass is 10.0. The molecule has 2 heterocycles. The number of benzene rings is 2. The van der Waals surface area contributed by atoms with Crippen molar-refractivity contribution >= 4 is 17.6 Å². The van der Waals surface area contributed by atoms with Crippen LogP contribution in [0.15, 0.2) is 66.9 Å². The number of methoxy groups -OCH3 is 1. The summed E-state index contributed by atoms with van der Waals surface area (Å²) < 4.78 is 12.2. The number of hydrogen-bond acceptors (Lipinski definition) is 6. The minimum absolute atomic E-state index is 0.0538. The number of aromatic nitrogens is 1. The van der Waals surface area contributed by atoms with Crippen molar-refractivity contribution in [2.24, 2.45) is 5.92 Å². The Morgan fingerprint density at radius 3 is 2.57 bits per heavy atom. The molecule has 0 saturated heterocycles. The number of fused-ring (bicyclic) bond motifs is 1. The highest BCUT2D eigenvalue weighted by atomic mass is 16.5. The van der Waals surface area contributed by atoms with Crippen LogP contribution in [0.25, 0.3) is 11.3 Å². The Labute approximate surface area is 249 Å². The molecule has 1 aliphatic heterocycles. The molecule has 9 nitrogen and oxygen atoms in total. The summed E-state index contributed by atoms with van der Waals surface area (Å²) in [6.07, 6.45) is 2.48. The monoisotopic (exact) mass is 573 g/mol. The first kappa shape index (κ1) is 31.0. The fourth-order valence-electron chi connectivity index (χ4n) is 5.11. The van der Waals surface area contributed by atoms with Gasteiger partial charge in [-0.2, -0.15) is 0 Å². The molecule has 224 valence electrons. The molecule has 1 aromatic heterocycles. The smallest absolute Gasteiger partial charge is 0.319 e. The number of nitrogens with one attached hydrogen (secondary N) is 2. The van der Waals surface area contributed by atoms with Crippen LogP contribution in [0.2, 0.25) is 0 Å². The van der Waals surface area contributed by atoms with Crippen molar-refractivity contribution in [2.75, 3.05) is 45.7 Å². The second kappa shape index (κ2) is 14.8. The van der Waals surface area contributed by atoms with Crippen molar-refractivity contribution in [3.63, 3.8) is 0 Å². The Bertz CT molecular complexity index is 1320. The summed E-state index contributed by atoms with van der Waals surface area (Å²) in [6.45, 7) is 9.19. The molecule has 3 aromatic rings. The predicted molar refractivity (Wildman–Crippen MR) is 166 cm³/mol. The summed E-state index contributed by atoms with van der Waals surface area (Å²) in [5.41, 5.74) is 4.15. The van der Waals surface area contributed by atoms with Gasteiger partial charge in [0.1, 0.15) is 12.4 Å². The van der Waals surface area contributed by atoms with E-state index in [0.29, 0.717) is 36.7 Å². The van der Waals surface area contributed by atoms with Crippen LogP contribution < -0.4 is 15.4 Å². The number of amides is 3. The zero-order valence-electron chi connectivity index (χ0n) is 25.3. The molecular formula is C33H43N5O4. The van der Waals surface area contributed by atoms with E-state index in [1.54, 1.807) is 43.5 Å². The largest absolute Gasteiger partial charge is 0.491 e. The first-order valence-corrected chi connectivity index (χ1v) is 14.6. The molecule has 2 aromatic carbocycles. The fraction of sp³-hybridized carbons (Fsp3) is 0.424. The maximum absolute atomic E-state index is 13.6. The van der Waals surface area contributed by atoms with E-state index in [4.69, 9.17) is 9.47 Å². The Hall–Kier alpha value is -3.95. The van der Waals surface area contributed by atoms with E-state index < -0.39 is 0 Å². The molecule has 3 amide bonds. The molecule has 2 N–H and O–H groups in total. The molecule has 0 spiro atoms. The van der Waals surface area contributed by atoms with Crippen LogP contribution in [0.5, 0.6) is 5.75 Å². The third-order valence-electron chi connectivity index (χ3n) is 7.67. The lowest BCUT2D eigenvalue weighted by molar-refractivity contribution is 0.00922. The predicted octanol–water partition coefficient (Wildman–Crippen LogP) is 5.29. The van der Waals surface area contributed by atoms with E-state index in [1.165, 1.54) is 5.56 Å². The quantitative estimate of drug-likeness (QED) is 0.399. The topological polar surface area (TPSA) is 96.0 Å². The van der Waals surface area contributed by atoms with Gasteiger partial charge >= 0.3 is 6.03 Å². The number of nitrogens with zero attached hydrogens (tertiary/aromatic N) is 3. The van der Waals surface area contributed by atoms with E-state index in [-0.39, 0.29) is 30.0 Å². The first-order chi connectivity index (χ1) is 20.3. The van der Waals surface area contributed by atoms with Gasteiger partial charge < -0.3 is 25.0 Å².